The van der Waals surface area contributed by atoms with Crippen molar-refractivity contribution in [3.05, 3.63) is 114 Å². The van der Waals surface area contributed by atoms with Crippen LogP contribution in [0.4, 0.5) is 5.69 Å². The minimum Gasteiger partial charge on any atom is -0.493 e. The summed E-state index contributed by atoms with van der Waals surface area (Å²) in [6, 6.07) is 26.5. The zero-order valence-corrected chi connectivity index (χ0v) is 24.1. The zero-order chi connectivity index (χ0) is 29.9. The van der Waals surface area contributed by atoms with Crippen LogP contribution in [0.2, 0.25) is 0 Å². The molecule has 0 aliphatic carbocycles. The van der Waals surface area contributed by atoms with E-state index in [1.54, 1.807) is 36.4 Å². The fourth-order valence-corrected chi connectivity index (χ4v) is 5.28. The molecule has 11 heteroatoms. The summed E-state index contributed by atoms with van der Waals surface area (Å²) in [4.78, 5) is 27.4. The third-order valence-electron chi connectivity index (χ3n) is 6.18. The van der Waals surface area contributed by atoms with Gasteiger partial charge in [-0.05, 0) is 91.4 Å². The molecule has 212 valence electrons. The predicted octanol–water partition coefficient (Wildman–Crippen LogP) is 5.39. The Morgan fingerprint density at radius 2 is 1.50 bits per heavy atom. The minimum atomic E-state index is -4.13. The SMILES string of the molecule is COc1cc(/C=C2\C(=O)NC(=S)N(c3ccc(Oc4ccccc4)cc3)C2=O)ccc1OS(=O)(=O)c1ccc(C)cc1. The Morgan fingerprint density at radius 1 is 0.833 bits per heavy atom. The van der Waals surface area contributed by atoms with Gasteiger partial charge in [0.2, 0.25) is 0 Å². The Hall–Kier alpha value is -5.00. The van der Waals surface area contributed by atoms with Gasteiger partial charge in [0, 0.05) is 0 Å². The topological polar surface area (TPSA) is 111 Å². The van der Waals surface area contributed by atoms with E-state index in [4.69, 9.17) is 25.9 Å². The van der Waals surface area contributed by atoms with Crippen molar-refractivity contribution in [2.75, 3.05) is 12.0 Å². The van der Waals surface area contributed by atoms with E-state index in [0.29, 0.717) is 22.7 Å². The second-order valence-electron chi connectivity index (χ2n) is 9.13. The molecule has 0 radical (unpaired) electrons. The molecule has 0 atom stereocenters. The molecule has 42 heavy (non-hydrogen) atoms. The van der Waals surface area contributed by atoms with Crippen molar-refractivity contribution >= 4 is 51.0 Å². The van der Waals surface area contributed by atoms with Crippen molar-refractivity contribution in [1.82, 2.24) is 5.32 Å². The van der Waals surface area contributed by atoms with Gasteiger partial charge in [-0.15, -0.1) is 0 Å². The van der Waals surface area contributed by atoms with Crippen LogP contribution in [0.1, 0.15) is 11.1 Å². The second-order valence-corrected chi connectivity index (χ2v) is 11.1. The lowest BCUT2D eigenvalue weighted by atomic mass is 10.1. The van der Waals surface area contributed by atoms with Crippen LogP contribution >= 0.6 is 12.2 Å². The highest BCUT2D eigenvalue weighted by atomic mass is 32.2. The van der Waals surface area contributed by atoms with Crippen LogP contribution in [0.3, 0.4) is 0 Å². The molecule has 2 amide bonds. The first-order valence-electron chi connectivity index (χ1n) is 12.6. The molecule has 1 heterocycles. The quantitative estimate of drug-likeness (QED) is 0.124. The molecule has 4 aromatic rings. The van der Waals surface area contributed by atoms with Crippen molar-refractivity contribution in [3.8, 4) is 23.0 Å². The average Bonchev–Trinajstić information content (AvgIpc) is 2.97. The first kappa shape index (κ1) is 28.5. The van der Waals surface area contributed by atoms with Crippen molar-refractivity contribution in [2.45, 2.75) is 11.8 Å². The van der Waals surface area contributed by atoms with Crippen molar-refractivity contribution < 1.29 is 31.7 Å². The molecule has 0 unspecified atom stereocenters. The van der Waals surface area contributed by atoms with Crippen molar-refractivity contribution in [1.29, 1.82) is 0 Å². The van der Waals surface area contributed by atoms with Gasteiger partial charge in [-0.2, -0.15) is 8.42 Å². The summed E-state index contributed by atoms with van der Waals surface area (Å²) in [6.07, 6.45) is 1.36. The van der Waals surface area contributed by atoms with Crippen LogP contribution in [-0.2, 0) is 19.7 Å². The smallest absolute Gasteiger partial charge is 0.339 e. The largest absolute Gasteiger partial charge is 0.493 e. The maximum atomic E-state index is 13.5. The van der Waals surface area contributed by atoms with Crippen LogP contribution in [0.15, 0.2) is 108 Å². The fraction of sp³-hybridized carbons (Fsp3) is 0.0645. The van der Waals surface area contributed by atoms with Gasteiger partial charge in [0.25, 0.3) is 11.8 Å². The van der Waals surface area contributed by atoms with Crippen molar-refractivity contribution in [2.24, 2.45) is 0 Å². The van der Waals surface area contributed by atoms with E-state index >= 15 is 0 Å². The van der Waals surface area contributed by atoms with Gasteiger partial charge in [0.05, 0.1) is 12.8 Å². The monoisotopic (exact) mass is 600 g/mol. The Labute approximate surface area is 248 Å². The molecule has 1 N–H and O–H groups in total. The van der Waals surface area contributed by atoms with E-state index in [1.165, 1.54) is 48.4 Å². The molecule has 1 aliphatic rings. The van der Waals surface area contributed by atoms with Gasteiger partial charge < -0.3 is 13.7 Å². The van der Waals surface area contributed by atoms with E-state index < -0.39 is 21.9 Å². The van der Waals surface area contributed by atoms with Crippen LogP contribution < -0.4 is 23.9 Å². The number of nitrogens with one attached hydrogen (secondary N) is 1. The van der Waals surface area contributed by atoms with E-state index in [9.17, 15) is 18.0 Å². The van der Waals surface area contributed by atoms with Gasteiger partial charge in [0.1, 0.15) is 22.0 Å². The fourth-order valence-electron chi connectivity index (χ4n) is 4.06. The normalized spacial score (nSPS) is 14.5. The summed E-state index contributed by atoms with van der Waals surface area (Å²) in [6.45, 7) is 1.84. The summed E-state index contributed by atoms with van der Waals surface area (Å²) >= 11 is 5.29. The molecule has 1 saturated heterocycles. The Balaban J connectivity index is 1.38. The maximum Gasteiger partial charge on any atom is 0.339 e. The Morgan fingerprint density at radius 3 is 2.17 bits per heavy atom. The number of methoxy groups -OCH3 is 1. The lowest BCUT2D eigenvalue weighted by Gasteiger charge is -2.29. The molecular weight excluding hydrogens is 576 g/mol. The summed E-state index contributed by atoms with van der Waals surface area (Å²) < 4.78 is 42.0. The number of hydrogen-bond acceptors (Lipinski definition) is 8. The highest BCUT2D eigenvalue weighted by Gasteiger charge is 2.34. The van der Waals surface area contributed by atoms with Gasteiger partial charge in [0.15, 0.2) is 16.6 Å². The number of carbonyl (C=O) groups is 2. The van der Waals surface area contributed by atoms with E-state index in [2.05, 4.69) is 5.32 Å². The zero-order valence-electron chi connectivity index (χ0n) is 22.4. The molecule has 0 aromatic heterocycles. The van der Waals surface area contributed by atoms with Gasteiger partial charge in [-0.3, -0.25) is 19.8 Å². The number of para-hydroxylation sites is 1. The van der Waals surface area contributed by atoms with E-state index in [0.717, 1.165) is 5.56 Å². The predicted molar refractivity (Wildman–Crippen MR) is 161 cm³/mol. The first-order chi connectivity index (χ1) is 20.1. The number of nitrogens with zero attached hydrogens (tertiary/aromatic N) is 1. The lowest BCUT2D eigenvalue weighted by Crippen LogP contribution is -2.54. The second kappa shape index (κ2) is 11.9. The third kappa shape index (κ3) is 6.17. The minimum absolute atomic E-state index is 0.0125. The Kier molecular flexibility index (Phi) is 8.05. The van der Waals surface area contributed by atoms with Crippen molar-refractivity contribution in [3.63, 3.8) is 0 Å². The molecule has 0 saturated carbocycles. The highest BCUT2D eigenvalue weighted by molar-refractivity contribution is 7.87. The molecule has 0 spiro atoms. The molecule has 4 aromatic carbocycles. The molecule has 1 fully saturated rings. The first-order valence-corrected chi connectivity index (χ1v) is 14.4. The molecule has 9 nitrogen and oxygen atoms in total. The lowest BCUT2D eigenvalue weighted by molar-refractivity contribution is -0.122. The number of benzene rings is 4. The number of rotatable bonds is 8. The summed E-state index contributed by atoms with van der Waals surface area (Å²) in [5.74, 6) is -0.0654. The molecule has 5 rings (SSSR count). The maximum absolute atomic E-state index is 13.5. The van der Waals surface area contributed by atoms with Gasteiger partial charge in [-0.1, -0.05) is 42.0 Å². The highest BCUT2D eigenvalue weighted by Crippen LogP contribution is 2.32. The van der Waals surface area contributed by atoms with E-state index in [1.807, 2.05) is 37.3 Å². The summed E-state index contributed by atoms with van der Waals surface area (Å²) in [5.41, 5.74) is 1.54. The molecule has 1 aliphatic heterocycles. The number of anilines is 1. The number of carbonyl (C=O) groups excluding carboxylic acids is 2. The molecular formula is C31H24N2O7S2. The Bertz CT molecular complexity index is 1800. The van der Waals surface area contributed by atoms with Crippen LogP contribution in [-0.4, -0.2) is 32.5 Å². The molecule has 0 bridgehead atoms. The number of thiocarbonyl (C=S) groups is 1. The van der Waals surface area contributed by atoms with E-state index in [-0.39, 0.29) is 27.1 Å². The number of amides is 2. The van der Waals surface area contributed by atoms with Crippen LogP contribution in [0.5, 0.6) is 23.0 Å². The number of ether oxygens (including phenoxy) is 2. The van der Waals surface area contributed by atoms with Gasteiger partial charge in [-0.25, -0.2) is 0 Å². The summed E-state index contributed by atoms with van der Waals surface area (Å²) in [7, 11) is -2.78. The van der Waals surface area contributed by atoms with Crippen LogP contribution in [0.25, 0.3) is 6.08 Å². The third-order valence-corrected chi connectivity index (χ3v) is 7.72. The average molecular weight is 601 g/mol. The number of hydrogen-bond donors (Lipinski definition) is 1. The van der Waals surface area contributed by atoms with Crippen LogP contribution in [0, 0.1) is 6.92 Å². The standard InChI is InChI=1S/C31H24N2O7S2/c1-20-8-15-25(16-9-20)42(36,37)40-27-17-10-21(19-28(27)38-2)18-26-29(34)32-31(41)33(30(26)35)22-11-13-24(14-12-22)39-23-6-4-3-5-7-23/h3-19H,1-2H3,(H,32,34,41)/b26-18+. The van der Waals surface area contributed by atoms with Gasteiger partial charge >= 0.3 is 10.1 Å². The summed E-state index contributed by atoms with van der Waals surface area (Å²) in [5, 5.41) is 2.47. The number of aryl methyl sites for hydroxylation is 1.